The number of hydrogen-bond acceptors (Lipinski definition) is 3. The number of aliphatic imine (C=N–C) groups is 1. The maximum Gasteiger partial charge on any atom is 0.151 e. The highest BCUT2D eigenvalue weighted by atomic mass is 16.3. The Morgan fingerprint density at radius 2 is 0.796 bits per heavy atom. The van der Waals surface area contributed by atoms with Gasteiger partial charge in [-0.25, -0.2) is 4.98 Å². The summed E-state index contributed by atoms with van der Waals surface area (Å²) in [4.78, 5) is 17.7. The third kappa shape index (κ3) is 4.96. The highest BCUT2D eigenvalue weighted by molar-refractivity contribution is 6.07. The predicted molar refractivity (Wildman–Crippen MR) is 203 cm³/mol. The molecule has 0 fully saturated rings. The van der Waals surface area contributed by atoms with Crippen LogP contribution in [-0.2, 0) is 0 Å². The van der Waals surface area contributed by atoms with E-state index in [9.17, 15) is 5.11 Å². The highest BCUT2D eigenvalue weighted by Crippen LogP contribution is 2.46. The third-order valence-corrected chi connectivity index (χ3v) is 9.16. The van der Waals surface area contributed by atoms with Gasteiger partial charge in [-0.3, -0.25) is 4.99 Å². The van der Waals surface area contributed by atoms with Crippen LogP contribution >= 0.6 is 0 Å². The lowest BCUT2D eigenvalue weighted by atomic mass is 9.98. The van der Waals surface area contributed by atoms with E-state index < -0.39 is 0 Å². The number of nitrogens with zero attached hydrogens (tertiary/aromatic N) is 2. The molecular formula is C44H30N4O. The Bertz CT molecular complexity index is 2580. The molecule has 3 N–H and O–H groups in total. The van der Waals surface area contributed by atoms with Crippen molar-refractivity contribution >= 4 is 46.1 Å². The minimum Gasteiger partial charge on any atom is -0.505 e. The van der Waals surface area contributed by atoms with Gasteiger partial charge in [-0.15, -0.1) is 0 Å². The summed E-state index contributed by atoms with van der Waals surface area (Å²) in [6.07, 6.45) is 5.87. The molecule has 7 aromatic rings. The monoisotopic (exact) mass is 630 g/mol. The van der Waals surface area contributed by atoms with E-state index >= 15 is 0 Å². The molecule has 0 saturated carbocycles. The Hall–Kier alpha value is -6.72. The van der Waals surface area contributed by atoms with Gasteiger partial charge in [-0.1, -0.05) is 121 Å². The fourth-order valence-corrected chi connectivity index (χ4v) is 6.94. The van der Waals surface area contributed by atoms with Crippen molar-refractivity contribution in [3.05, 3.63) is 163 Å². The van der Waals surface area contributed by atoms with E-state index in [0.29, 0.717) is 11.3 Å². The Morgan fingerprint density at radius 3 is 1.31 bits per heavy atom. The van der Waals surface area contributed by atoms with Crippen LogP contribution in [0.3, 0.4) is 0 Å². The van der Waals surface area contributed by atoms with Crippen LogP contribution in [0.1, 0.15) is 17.0 Å². The third-order valence-electron chi connectivity index (χ3n) is 9.16. The van der Waals surface area contributed by atoms with Gasteiger partial charge in [0.2, 0.25) is 0 Å². The molecule has 5 heteroatoms. The van der Waals surface area contributed by atoms with Crippen LogP contribution in [-0.4, -0.2) is 26.3 Å². The Balaban J connectivity index is 1.51. The second kappa shape index (κ2) is 11.8. The lowest BCUT2D eigenvalue weighted by Gasteiger charge is -2.08. The number of H-pyrrole nitrogens is 2. The molecule has 2 aliphatic heterocycles. The van der Waals surface area contributed by atoms with Crippen LogP contribution in [0, 0.1) is 0 Å². The maximum absolute atomic E-state index is 12.2. The standard InChI is InChI=1S/C44H30N4O/c49-44-32-27-45-43(44)42(31-19-11-4-12-20-31)38-26-25-37(48-38)41(30-17-9-3-10-18-30)36-24-23-35(47-36)40(29-15-7-2-8-16-29)34-22-21-33(46-34)39(32)28-13-5-1-6-14-28/h1-27,47-49H. The average molecular weight is 631 g/mol. The number of hydrogen-bond donors (Lipinski definition) is 3. The summed E-state index contributed by atoms with van der Waals surface area (Å²) in [5, 5.41) is 12.2. The van der Waals surface area contributed by atoms with E-state index in [0.717, 1.165) is 78.0 Å². The van der Waals surface area contributed by atoms with Gasteiger partial charge >= 0.3 is 0 Å². The number of aromatic nitrogens is 3. The van der Waals surface area contributed by atoms with Gasteiger partial charge in [0.15, 0.2) is 5.75 Å². The average Bonchev–Trinajstić information content (AvgIpc) is 3.98. The number of fused-ring (bicyclic) bond motifs is 8. The first-order valence-corrected chi connectivity index (χ1v) is 16.3. The minimum absolute atomic E-state index is 0.108. The van der Waals surface area contributed by atoms with Crippen molar-refractivity contribution in [3.63, 3.8) is 0 Å². The summed E-state index contributed by atoms with van der Waals surface area (Å²) in [5.41, 5.74) is 14.1. The van der Waals surface area contributed by atoms with Gasteiger partial charge in [0.1, 0.15) is 5.69 Å². The van der Waals surface area contributed by atoms with E-state index in [1.165, 1.54) is 0 Å². The molecule has 0 unspecified atom stereocenters. The normalized spacial score (nSPS) is 12.0. The molecule has 232 valence electrons. The molecule has 5 heterocycles. The van der Waals surface area contributed by atoms with Crippen molar-refractivity contribution in [2.75, 3.05) is 0 Å². The second-order valence-electron chi connectivity index (χ2n) is 12.1. The lowest BCUT2D eigenvalue weighted by Crippen LogP contribution is -1.90. The van der Waals surface area contributed by atoms with Crippen molar-refractivity contribution < 1.29 is 5.11 Å². The summed E-state index contributed by atoms with van der Waals surface area (Å²) in [7, 11) is 0. The molecular weight excluding hydrogens is 601 g/mol. The zero-order chi connectivity index (χ0) is 32.7. The minimum atomic E-state index is 0.108. The topological polar surface area (TPSA) is 77.1 Å². The lowest BCUT2D eigenvalue weighted by molar-refractivity contribution is 0.478. The van der Waals surface area contributed by atoms with Crippen molar-refractivity contribution in [1.29, 1.82) is 0 Å². The van der Waals surface area contributed by atoms with Crippen LogP contribution in [0.5, 0.6) is 5.75 Å². The quantitative estimate of drug-likeness (QED) is 0.181. The molecule has 0 radical (unpaired) electrons. The summed E-state index contributed by atoms with van der Waals surface area (Å²) in [5.74, 6) is 0.108. The number of rotatable bonds is 4. The van der Waals surface area contributed by atoms with Gasteiger partial charge in [0.05, 0.1) is 11.4 Å². The largest absolute Gasteiger partial charge is 0.505 e. The molecule has 0 atom stereocenters. The van der Waals surface area contributed by atoms with E-state index in [4.69, 9.17) is 9.98 Å². The molecule has 49 heavy (non-hydrogen) atoms. The first-order chi connectivity index (χ1) is 24.2. The van der Waals surface area contributed by atoms with Gasteiger partial charge in [0.25, 0.3) is 0 Å². The second-order valence-corrected chi connectivity index (χ2v) is 12.1. The zero-order valence-electron chi connectivity index (χ0n) is 26.4. The van der Waals surface area contributed by atoms with Crippen LogP contribution in [0.25, 0.3) is 78.7 Å². The fourth-order valence-electron chi connectivity index (χ4n) is 6.94. The molecule has 3 aromatic heterocycles. The smallest absolute Gasteiger partial charge is 0.151 e. The molecule has 0 spiro atoms. The predicted octanol–water partition coefficient (Wildman–Crippen LogP) is 11.2. The fraction of sp³-hybridized carbons (Fsp3) is 0. The van der Waals surface area contributed by atoms with Crippen LogP contribution in [0.4, 0.5) is 5.69 Å². The first kappa shape index (κ1) is 28.5. The molecule has 0 amide bonds. The van der Waals surface area contributed by atoms with Gasteiger partial charge in [-0.05, 0) is 58.7 Å². The Kier molecular flexibility index (Phi) is 6.87. The van der Waals surface area contributed by atoms with Crippen molar-refractivity contribution in [2.45, 2.75) is 0 Å². The van der Waals surface area contributed by atoms with E-state index in [2.05, 4.69) is 101 Å². The number of benzene rings is 4. The van der Waals surface area contributed by atoms with Crippen LogP contribution < -0.4 is 0 Å². The molecule has 5 nitrogen and oxygen atoms in total. The van der Waals surface area contributed by atoms with Crippen LogP contribution in [0.15, 0.2) is 151 Å². The van der Waals surface area contributed by atoms with Crippen molar-refractivity contribution in [2.24, 2.45) is 4.99 Å². The van der Waals surface area contributed by atoms with E-state index in [1.807, 2.05) is 66.7 Å². The van der Waals surface area contributed by atoms with Crippen molar-refractivity contribution in [1.82, 2.24) is 15.0 Å². The molecule has 4 aromatic carbocycles. The molecule has 8 bridgehead atoms. The summed E-state index contributed by atoms with van der Waals surface area (Å²) < 4.78 is 0. The number of aromatic amines is 2. The Labute approximate surface area is 283 Å². The van der Waals surface area contributed by atoms with Crippen LogP contribution in [0.2, 0.25) is 0 Å². The Morgan fingerprint density at radius 1 is 0.408 bits per heavy atom. The molecule has 0 saturated heterocycles. The molecule has 2 aliphatic rings. The number of nitrogens with one attached hydrogen (secondary N) is 2. The van der Waals surface area contributed by atoms with Gasteiger partial charge in [0, 0.05) is 56.1 Å². The van der Waals surface area contributed by atoms with Crippen molar-refractivity contribution in [3.8, 4) is 50.3 Å². The zero-order valence-corrected chi connectivity index (χ0v) is 26.4. The van der Waals surface area contributed by atoms with Gasteiger partial charge in [-0.2, -0.15) is 0 Å². The molecule has 0 aliphatic carbocycles. The summed E-state index contributed by atoms with van der Waals surface area (Å²) in [6.45, 7) is 0. The number of aromatic hydroxyl groups is 1. The van der Waals surface area contributed by atoms with Gasteiger partial charge < -0.3 is 15.1 Å². The van der Waals surface area contributed by atoms with E-state index in [-0.39, 0.29) is 5.75 Å². The van der Waals surface area contributed by atoms with E-state index in [1.54, 1.807) is 6.21 Å². The summed E-state index contributed by atoms with van der Waals surface area (Å²) >= 11 is 0. The SMILES string of the molecule is Oc1c2c(-c3ccccc3)c3nc(c(-c4ccccc4)c4ccc([nH]4)c(-c4ccccc4)c4ccc([nH]4)c(-c4ccccc4)c1N=C2)C=C3. The highest BCUT2D eigenvalue weighted by Gasteiger charge is 2.23. The summed E-state index contributed by atoms with van der Waals surface area (Å²) in [6, 6.07) is 49.4. The molecule has 9 rings (SSSR count). The first-order valence-electron chi connectivity index (χ1n) is 16.3. The maximum atomic E-state index is 12.2.